The third-order valence-corrected chi connectivity index (χ3v) is 5.40. The lowest BCUT2D eigenvalue weighted by Gasteiger charge is -2.40. The Hall–Kier alpha value is -1.59. The fourth-order valence-electron chi connectivity index (χ4n) is 4.02. The Morgan fingerprint density at radius 3 is 2.60 bits per heavy atom. The number of carbonyl (C=O) groups excluding carboxylic acids is 1. The van der Waals surface area contributed by atoms with Crippen LogP contribution in [0.15, 0.2) is 24.3 Å². The van der Waals surface area contributed by atoms with Gasteiger partial charge in [0, 0.05) is 19.6 Å². The van der Waals surface area contributed by atoms with Crippen molar-refractivity contribution < 1.29 is 14.6 Å². The van der Waals surface area contributed by atoms with Crippen molar-refractivity contribution in [3.05, 3.63) is 29.8 Å². The SMILES string of the molecule is COc1cccc(CN2CCCC(O)(CN3CCCCCC3)C2=O)c1. The van der Waals surface area contributed by atoms with Crippen LogP contribution >= 0.6 is 0 Å². The molecule has 1 aromatic rings. The lowest BCUT2D eigenvalue weighted by atomic mass is 9.90. The molecule has 0 aromatic heterocycles. The predicted octanol–water partition coefficient (Wildman–Crippen LogP) is 2.42. The molecule has 3 rings (SSSR count). The Bertz CT molecular complexity index is 584. The lowest BCUT2D eigenvalue weighted by molar-refractivity contribution is -0.160. The predicted molar refractivity (Wildman–Crippen MR) is 97.5 cm³/mol. The monoisotopic (exact) mass is 346 g/mol. The number of piperidine rings is 1. The van der Waals surface area contributed by atoms with Gasteiger partial charge >= 0.3 is 0 Å². The topological polar surface area (TPSA) is 53.0 Å². The summed E-state index contributed by atoms with van der Waals surface area (Å²) < 4.78 is 5.26. The van der Waals surface area contributed by atoms with Gasteiger partial charge in [0.05, 0.1) is 7.11 Å². The van der Waals surface area contributed by atoms with Crippen LogP contribution in [0.5, 0.6) is 5.75 Å². The van der Waals surface area contributed by atoms with E-state index < -0.39 is 5.60 Å². The smallest absolute Gasteiger partial charge is 0.256 e. The van der Waals surface area contributed by atoms with E-state index >= 15 is 0 Å². The first-order valence-electron chi connectivity index (χ1n) is 9.48. The fraction of sp³-hybridized carbons (Fsp3) is 0.650. The normalized spacial score (nSPS) is 25.7. The van der Waals surface area contributed by atoms with Gasteiger partial charge in [0.25, 0.3) is 5.91 Å². The second kappa shape index (κ2) is 8.19. The van der Waals surface area contributed by atoms with Crippen LogP contribution in [0.4, 0.5) is 0 Å². The number of ether oxygens (including phenoxy) is 1. The van der Waals surface area contributed by atoms with Gasteiger partial charge in [0.1, 0.15) is 5.75 Å². The summed E-state index contributed by atoms with van der Waals surface area (Å²) in [6, 6.07) is 7.79. The minimum absolute atomic E-state index is 0.120. The molecule has 2 fully saturated rings. The van der Waals surface area contributed by atoms with Gasteiger partial charge in [0.2, 0.25) is 0 Å². The maximum Gasteiger partial charge on any atom is 0.256 e. The second-order valence-electron chi connectivity index (χ2n) is 7.40. The van der Waals surface area contributed by atoms with E-state index in [4.69, 9.17) is 4.74 Å². The Kier molecular flexibility index (Phi) is 5.97. The van der Waals surface area contributed by atoms with E-state index in [0.717, 1.165) is 43.7 Å². The molecular formula is C20H30N2O3. The maximum atomic E-state index is 13.0. The Balaban J connectivity index is 1.66. The molecule has 0 spiro atoms. The number of amides is 1. The summed E-state index contributed by atoms with van der Waals surface area (Å²) in [4.78, 5) is 17.1. The second-order valence-corrected chi connectivity index (χ2v) is 7.40. The van der Waals surface area contributed by atoms with Crippen LogP contribution in [0.2, 0.25) is 0 Å². The number of benzene rings is 1. The molecular weight excluding hydrogens is 316 g/mol. The number of aliphatic hydroxyl groups is 1. The van der Waals surface area contributed by atoms with Gasteiger partial charge in [-0.25, -0.2) is 0 Å². The number of nitrogens with zero attached hydrogens (tertiary/aromatic N) is 2. The molecule has 5 heteroatoms. The van der Waals surface area contributed by atoms with E-state index in [0.29, 0.717) is 26.1 Å². The van der Waals surface area contributed by atoms with Gasteiger partial charge in [-0.05, 0) is 56.5 Å². The third-order valence-electron chi connectivity index (χ3n) is 5.40. The highest BCUT2D eigenvalue weighted by atomic mass is 16.5. The standard InChI is InChI=1S/C20H30N2O3/c1-25-18-9-6-8-17(14-18)15-22-13-7-10-20(24,19(22)23)16-21-11-4-2-3-5-12-21/h6,8-9,14,24H,2-5,7,10-13,15-16H2,1H3. The van der Waals surface area contributed by atoms with E-state index in [-0.39, 0.29) is 5.91 Å². The molecule has 5 nitrogen and oxygen atoms in total. The van der Waals surface area contributed by atoms with Gasteiger partial charge in [-0.1, -0.05) is 25.0 Å². The highest BCUT2D eigenvalue weighted by Gasteiger charge is 2.43. The van der Waals surface area contributed by atoms with Gasteiger partial charge in [-0.2, -0.15) is 0 Å². The van der Waals surface area contributed by atoms with Crippen LogP contribution in [-0.4, -0.2) is 59.7 Å². The van der Waals surface area contributed by atoms with E-state index in [1.165, 1.54) is 12.8 Å². The minimum Gasteiger partial charge on any atom is -0.497 e. The van der Waals surface area contributed by atoms with Crippen LogP contribution in [0, 0.1) is 0 Å². The summed E-state index contributed by atoms with van der Waals surface area (Å²) in [6.07, 6.45) is 6.25. The molecule has 2 aliphatic rings. The van der Waals surface area contributed by atoms with Crippen molar-refractivity contribution in [2.45, 2.75) is 50.7 Å². The largest absolute Gasteiger partial charge is 0.497 e. The molecule has 2 aliphatic heterocycles. The fourth-order valence-corrected chi connectivity index (χ4v) is 4.02. The molecule has 138 valence electrons. The summed E-state index contributed by atoms with van der Waals surface area (Å²) in [6.45, 7) is 3.69. The zero-order chi connectivity index (χ0) is 17.7. The van der Waals surface area contributed by atoms with Crippen LogP contribution in [0.3, 0.4) is 0 Å². The molecule has 25 heavy (non-hydrogen) atoms. The number of methoxy groups -OCH3 is 1. The molecule has 1 atom stereocenters. The number of β-amino-alcohol motifs (C(OH)–C–C–N with tert-alkyl or cyclic N) is 1. The van der Waals surface area contributed by atoms with Crippen LogP contribution in [-0.2, 0) is 11.3 Å². The molecule has 2 saturated heterocycles. The number of hydrogen-bond acceptors (Lipinski definition) is 4. The van der Waals surface area contributed by atoms with Crippen molar-refractivity contribution in [3.63, 3.8) is 0 Å². The first-order chi connectivity index (χ1) is 12.1. The first kappa shape index (κ1) is 18.2. The Morgan fingerprint density at radius 1 is 1.12 bits per heavy atom. The zero-order valence-corrected chi connectivity index (χ0v) is 15.2. The molecule has 0 aliphatic carbocycles. The van der Waals surface area contributed by atoms with Crippen molar-refractivity contribution in [3.8, 4) is 5.75 Å². The quantitative estimate of drug-likeness (QED) is 0.890. The Morgan fingerprint density at radius 2 is 1.88 bits per heavy atom. The van der Waals surface area contributed by atoms with Crippen molar-refractivity contribution in [1.29, 1.82) is 0 Å². The van der Waals surface area contributed by atoms with E-state index in [2.05, 4.69) is 4.90 Å². The lowest BCUT2D eigenvalue weighted by Crippen LogP contribution is -2.58. The highest BCUT2D eigenvalue weighted by Crippen LogP contribution is 2.27. The van der Waals surface area contributed by atoms with Crippen LogP contribution in [0.1, 0.15) is 44.1 Å². The van der Waals surface area contributed by atoms with Crippen molar-refractivity contribution in [1.82, 2.24) is 9.80 Å². The Labute approximate surface area is 150 Å². The van der Waals surface area contributed by atoms with E-state index in [9.17, 15) is 9.90 Å². The van der Waals surface area contributed by atoms with Gasteiger partial charge in [0.15, 0.2) is 5.60 Å². The average molecular weight is 346 g/mol. The van der Waals surface area contributed by atoms with Crippen LogP contribution < -0.4 is 4.74 Å². The number of likely N-dealkylation sites (tertiary alicyclic amines) is 2. The van der Waals surface area contributed by atoms with Gasteiger partial charge in [-0.3, -0.25) is 9.69 Å². The summed E-state index contributed by atoms with van der Waals surface area (Å²) in [5, 5.41) is 11.1. The number of hydrogen-bond donors (Lipinski definition) is 1. The molecule has 0 radical (unpaired) electrons. The maximum absolute atomic E-state index is 13.0. The average Bonchev–Trinajstić information content (AvgIpc) is 2.88. The van der Waals surface area contributed by atoms with Crippen LogP contribution in [0.25, 0.3) is 0 Å². The van der Waals surface area contributed by atoms with Crippen molar-refractivity contribution in [2.75, 3.05) is 33.3 Å². The molecule has 1 amide bonds. The summed E-state index contributed by atoms with van der Waals surface area (Å²) in [5.74, 6) is 0.674. The summed E-state index contributed by atoms with van der Waals surface area (Å²) >= 11 is 0. The van der Waals surface area contributed by atoms with E-state index in [1.807, 2.05) is 24.3 Å². The van der Waals surface area contributed by atoms with Gasteiger partial charge in [-0.15, -0.1) is 0 Å². The molecule has 0 saturated carbocycles. The molecule has 1 N–H and O–H groups in total. The van der Waals surface area contributed by atoms with Gasteiger partial charge < -0.3 is 14.7 Å². The van der Waals surface area contributed by atoms with Crippen molar-refractivity contribution >= 4 is 5.91 Å². The first-order valence-corrected chi connectivity index (χ1v) is 9.48. The molecule has 2 heterocycles. The third kappa shape index (κ3) is 4.53. The van der Waals surface area contributed by atoms with Crippen molar-refractivity contribution in [2.24, 2.45) is 0 Å². The van der Waals surface area contributed by atoms with E-state index in [1.54, 1.807) is 12.0 Å². The summed E-state index contributed by atoms with van der Waals surface area (Å²) in [7, 11) is 1.64. The zero-order valence-electron chi connectivity index (χ0n) is 15.2. The highest BCUT2D eigenvalue weighted by molar-refractivity contribution is 5.86. The molecule has 1 aromatic carbocycles. The number of rotatable bonds is 5. The minimum atomic E-state index is -1.23. The summed E-state index contributed by atoms with van der Waals surface area (Å²) in [5.41, 5.74) is -0.201. The number of carbonyl (C=O) groups is 1. The molecule has 1 unspecified atom stereocenters. The molecule has 0 bridgehead atoms.